The summed E-state index contributed by atoms with van der Waals surface area (Å²) in [6.45, 7) is 5.33. The summed E-state index contributed by atoms with van der Waals surface area (Å²) in [4.78, 5) is 33.3. The lowest BCUT2D eigenvalue weighted by Gasteiger charge is -2.20. The molecule has 128 valence electrons. The zero-order valence-electron chi connectivity index (χ0n) is 14.5. The van der Waals surface area contributed by atoms with E-state index in [1.165, 1.54) is 13.3 Å². The van der Waals surface area contributed by atoms with Crippen molar-refractivity contribution in [2.24, 2.45) is 0 Å². The molecule has 0 aliphatic heterocycles. The minimum Gasteiger partial charge on any atom is -0.355 e. The van der Waals surface area contributed by atoms with E-state index in [-0.39, 0.29) is 18.2 Å². The molecule has 2 aromatic rings. The van der Waals surface area contributed by atoms with Crippen LogP contribution >= 0.6 is 0 Å². The van der Waals surface area contributed by atoms with Crippen LogP contribution in [0.3, 0.4) is 0 Å². The first-order valence-corrected chi connectivity index (χ1v) is 8.16. The van der Waals surface area contributed by atoms with E-state index in [0.29, 0.717) is 40.1 Å². The number of rotatable bonds is 5. The van der Waals surface area contributed by atoms with Crippen LogP contribution in [0, 0.1) is 13.8 Å². The number of aromatic amines is 1. The summed E-state index contributed by atoms with van der Waals surface area (Å²) in [7, 11) is 1.70. The van der Waals surface area contributed by atoms with E-state index in [1.807, 2.05) is 0 Å². The van der Waals surface area contributed by atoms with Gasteiger partial charge >= 0.3 is 0 Å². The van der Waals surface area contributed by atoms with E-state index >= 15 is 0 Å². The molecule has 1 fully saturated rings. The second-order valence-corrected chi connectivity index (χ2v) is 6.52. The number of nitrogens with zero attached hydrogens (tertiary/aromatic N) is 3. The van der Waals surface area contributed by atoms with E-state index in [0.717, 1.165) is 12.8 Å². The van der Waals surface area contributed by atoms with Gasteiger partial charge in [0.15, 0.2) is 11.6 Å². The highest BCUT2D eigenvalue weighted by molar-refractivity contribution is 6.02. The molecule has 0 bridgehead atoms. The maximum absolute atomic E-state index is 12.7. The number of nitrogens with one attached hydrogen (secondary N) is 1. The number of hydrogen-bond acceptors (Lipinski definition) is 5. The highest BCUT2D eigenvalue weighted by Gasteiger charge is 2.27. The number of Topliss-reactive ketones (excluding diaryl/α,β-unsaturated/α-hetero) is 1. The fourth-order valence-corrected chi connectivity index (χ4v) is 3.05. The van der Waals surface area contributed by atoms with E-state index in [2.05, 4.69) is 15.1 Å². The van der Waals surface area contributed by atoms with E-state index in [4.69, 9.17) is 4.52 Å². The average Bonchev–Trinajstić information content (AvgIpc) is 3.01. The first kappa shape index (κ1) is 16.4. The van der Waals surface area contributed by atoms with Crippen LogP contribution < -0.4 is 0 Å². The van der Waals surface area contributed by atoms with Crippen LogP contribution in [-0.4, -0.2) is 38.8 Å². The quantitative estimate of drug-likeness (QED) is 0.851. The summed E-state index contributed by atoms with van der Waals surface area (Å²) in [5, 5.41) is 3.97. The predicted octanol–water partition coefficient (Wildman–Crippen LogP) is 2.76. The number of H-pyrrole nitrogens is 1. The van der Waals surface area contributed by atoms with Crippen LogP contribution in [0.4, 0.5) is 0 Å². The fourth-order valence-electron chi connectivity index (χ4n) is 3.05. The van der Waals surface area contributed by atoms with Crippen LogP contribution in [0.25, 0.3) is 0 Å². The van der Waals surface area contributed by atoms with Gasteiger partial charge in [0.05, 0.1) is 17.8 Å². The number of aromatic nitrogens is 3. The predicted molar refractivity (Wildman–Crippen MR) is 87.0 cm³/mol. The Morgan fingerprint density at radius 3 is 2.58 bits per heavy atom. The van der Waals surface area contributed by atoms with E-state index in [9.17, 15) is 9.59 Å². The third-order valence-corrected chi connectivity index (χ3v) is 4.67. The first-order valence-electron chi connectivity index (χ1n) is 8.16. The fraction of sp³-hybridized carbons (Fsp3) is 0.529. The van der Waals surface area contributed by atoms with Crippen LogP contribution in [0.15, 0.2) is 4.52 Å². The summed E-state index contributed by atoms with van der Waals surface area (Å²) in [5.74, 6) is 1.30. The Hall–Kier alpha value is -2.44. The van der Waals surface area contributed by atoms with Gasteiger partial charge in [-0.25, -0.2) is 0 Å². The second-order valence-electron chi connectivity index (χ2n) is 6.52. The summed E-state index contributed by atoms with van der Waals surface area (Å²) in [6, 6.07) is 0. The SMILES string of the molecule is CC(=O)c1[nH]c(C)c(C(=O)N(C)Cc2noc(C3CCC3)n2)c1C. The highest BCUT2D eigenvalue weighted by Crippen LogP contribution is 2.35. The summed E-state index contributed by atoms with van der Waals surface area (Å²) >= 11 is 0. The number of ketones is 1. The van der Waals surface area contributed by atoms with Crippen molar-refractivity contribution in [3.8, 4) is 0 Å². The van der Waals surface area contributed by atoms with Gasteiger partial charge in [0.25, 0.3) is 5.91 Å². The molecule has 0 aromatic carbocycles. The van der Waals surface area contributed by atoms with Crippen molar-refractivity contribution in [2.75, 3.05) is 7.05 Å². The third kappa shape index (κ3) is 2.86. The highest BCUT2D eigenvalue weighted by atomic mass is 16.5. The molecular weight excluding hydrogens is 308 g/mol. The number of aryl methyl sites for hydroxylation is 1. The van der Waals surface area contributed by atoms with Crippen LogP contribution in [-0.2, 0) is 6.54 Å². The molecule has 0 spiro atoms. The summed E-state index contributed by atoms with van der Waals surface area (Å²) in [6.07, 6.45) is 3.38. The maximum atomic E-state index is 12.7. The lowest BCUT2D eigenvalue weighted by atomic mass is 9.85. The van der Waals surface area contributed by atoms with Crippen molar-refractivity contribution in [1.82, 2.24) is 20.0 Å². The second kappa shape index (κ2) is 6.22. The standard InChI is InChI=1S/C17H22N4O3/c1-9-14(10(2)18-15(9)11(3)22)17(23)21(4)8-13-19-16(24-20-13)12-6-5-7-12/h12,18H,5-8H2,1-4H3. The minimum atomic E-state index is -0.163. The van der Waals surface area contributed by atoms with Crippen molar-refractivity contribution in [3.63, 3.8) is 0 Å². The van der Waals surface area contributed by atoms with Crippen molar-refractivity contribution in [1.29, 1.82) is 0 Å². The van der Waals surface area contributed by atoms with E-state index < -0.39 is 0 Å². The molecule has 0 saturated heterocycles. The van der Waals surface area contributed by atoms with Crippen molar-refractivity contribution >= 4 is 11.7 Å². The molecule has 7 nitrogen and oxygen atoms in total. The molecule has 1 amide bonds. The Labute approximate surface area is 140 Å². The van der Waals surface area contributed by atoms with Crippen LogP contribution in [0.1, 0.15) is 75.9 Å². The number of amides is 1. The largest absolute Gasteiger partial charge is 0.355 e. The van der Waals surface area contributed by atoms with Gasteiger partial charge < -0.3 is 14.4 Å². The molecule has 1 N–H and O–H groups in total. The third-order valence-electron chi connectivity index (χ3n) is 4.67. The van der Waals surface area contributed by atoms with Gasteiger partial charge in [-0.2, -0.15) is 4.98 Å². The Kier molecular flexibility index (Phi) is 4.26. The Morgan fingerprint density at radius 2 is 2.04 bits per heavy atom. The van der Waals surface area contributed by atoms with Crippen molar-refractivity contribution < 1.29 is 14.1 Å². The number of carbonyl (C=O) groups excluding carboxylic acids is 2. The molecule has 1 aliphatic rings. The maximum Gasteiger partial charge on any atom is 0.256 e. The van der Waals surface area contributed by atoms with Gasteiger partial charge in [0.2, 0.25) is 5.89 Å². The molecule has 3 rings (SSSR count). The molecular formula is C17H22N4O3. The lowest BCUT2D eigenvalue weighted by Crippen LogP contribution is -2.27. The minimum absolute atomic E-state index is 0.0828. The Bertz CT molecular complexity index is 786. The van der Waals surface area contributed by atoms with E-state index in [1.54, 1.807) is 25.8 Å². The summed E-state index contributed by atoms with van der Waals surface area (Å²) < 4.78 is 5.29. The Balaban J connectivity index is 1.75. The molecule has 1 saturated carbocycles. The molecule has 0 unspecified atom stereocenters. The molecule has 2 heterocycles. The van der Waals surface area contributed by atoms with Gasteiger partial charge in [-0.15, -0.1) is 0 Å². The van der Waals surface area contributed by atoms with Gasteiger partial charge in [-0.3, -0.25) is 9.59 Å². The lowest BCUT2D eigenvalue weighted by molar-refractivity contribution is 0.0779. The van der Waals surface area contributed by atoms with Crippen LogP contribution in [0.5, 0.6) is 0 Å². The number of carbonyl (C=O) groups is 2. The van der Waals surface area contributed by atoms with Crippen LogP contribution in [0.2, 0.25) is 0 Å². The van der Waals surface area contributed by atoms with Gasteiger partial charge in [-0.1, -0.05) is 11.6 Å². The monoisotopic (exact) mass is 330 g/mol. The van der Waals surface area contributed by atoms with Gasteiger partial charge in [0.1, 0.15) is 0 Å². The summed E-state index contributed by atoms with van der Waals surface area (Å²) in [5.41, 5.74) is 2.39. The molecule has 24 heavy (non-hydrogen) atoms. The topological polar surface area (TPSA) is 92.1 Å². The van der Waals surface area contributed by atoms with Gasteiger partial charge in [-0.05, 0) is 32.3 Å². The normalized spacial score (nSPS) is 14.5. The Morgan fingerprint density at radius 1 is 1.33 bits per heavy atom. The molecule has 0 atom stereocenters. The molecule has 1 aliphatic carbocycles. The number of hydrogen-bond donors (Lipinski definition) is 1. The average molecular weight is 330 g/mol. The van der Waals surface area contributed by atoms with Crippen molar-refractivity contribution in [2.45, 2.75) is 52.5 Å². The van der Waals surface area contributed by atoms with Gasteiger partial charge in [0, 0.05) is 25.6 Å². The van der Waals surface area contributed by atoms with Crippen molar-refractivity contribution in [3.05, 3.63) is 34.2 Å². The zero-order valence-corrected chi connectivity index (χ0v) is 14.5. The zero-order chi connectivity index (χ0) is 17.4. The molecule has 2 aromatic heterocycles. The molecule has 7 heteroatoms. The first-order chi connectivity index (χ1) is 11.4. The smallest absolute Gasteiger partial charge is 0.256 e. The molecule has 0 radical (unpaired) electrons.